The molecule has 0 heterocycles. The minimum atomic E-state index is -1.55. The van der Waals surface area contributed by atoms with Crippen LogP contribution in [0.15, 0.2) is 23.8 Å². The Morgan fingerprint density at radius 3 is 2.44 bits per heavy atom. The zero-order valence-electron chi connectivity index (χ0n) is 21.8. The van der Waals surface area contributed by atoms with Crippen molar-refractivity contribution >= 4 is 35.1 Å². The molecule has 3 fully saturated rings. The molecule has 0 aromatic rings. The number of fused-ring (bicyclic) bond motifs is 5. The van der Waals surface area contributed by atoms with Crippen LogP contribution >= 0.6 is 11.6 Å². The maximum atomic E-state index is 13.9. The van der Waals surface area contributed by atoms with Crippen LogP contribution in [0, 0.1) is 28.6 Å². The standard InChI is InChI=1S/C28H37ClO7/c1-6-23(33)35-15-22(32)28(36-24(34)7-2)16(3)12-20-19-9-8-17-13-18(30)10-11-25(17,4)27(19,29)21(31)14-26(20,28)5/h10-11,13,16,19-21,31H,6-9,12,14-15H2,1-5H3/t16-,19-,20-,21-,25?,26?,27-,28-/m0/s1. The number of esters is 2. The van der Waals surface area contributed by atoms with E-state index < -0.39 is 51.7 Å². The lowest BCUT2D eigenvalue weighted by Crippen LogP contribution is -2.69. The van der Waals surface area contributed by atoms with Gasteiger partial charge in [0, 0.05) is 29.6 Å². The molecule has 0 aromatic heterocycles. The third kappa shape index (κ3) is 3.48. The van der Waals surface area contributed by atoms with Gasteiger partial charge in [-0.3, -0.25) is 19.2 Å². The molecule has 0 aromatic carbocycles. The first-order valence-electron chi connectivity index (χ1n) is 13.0. The fraction of sp³-hybridized carbons (Fsp3) is 0.714. The lowest BCUT2D eigenvalue weighted by Gasteiger charge is -2.64. The third-order valence-corrected chi connectivity index (χ3v) is 10.7. The Morgan fingerprint density at radius 1 is 1.14 bits per heavy atom. The molecule has 0 spiro atoms. The van der Waals surface area contributed by atoms with E-state index in [9.17, 15) is 24.3 Å². The molecule has 0 amide bonds. The maximum Gasteiger partial charge on any atom is 0.306 e. The van der Waals surface area contributed by atoms with Gasteiger partial charge in [0.15, 0.2) is 18.0 Å². The van der Waals surface area contributed by atoms with E-state index >= 15 is 0 Å². The van der Waals surface area contributed by atoms with Crippen molar-refractivity contribution in [1.82, 2.24) is 0 Å². The molecule has 8 atom stereocenters. The first-order chi connectivity index (χ1) is 16.8. The fourth-order valence-electron chi connectivity index (χ4n) is 8.01. The highest BCUT2D eigenvalue weighted by Crippen LogP contribution is 2.72. The van der Waals surface area contributed by atoms with Gasteiger partial charge in [-0.15, -0.1) is 11.6 Å². The number of hydrogen-bond donors (Lipinski definition) is 1. The summed E-state index contributed by atoms with van der Waals surface area (Å²) in [6.45, 7) is 8.61. The van der Waals surface area contributed by atoms with Gasteiger partial charge in [-0.2, -0.15) is 0 Å². The summed E-state index contributed by atoms with van der Waals surface area (Å²) in [5.41, 5.74) is -2.27. The van der Waals surface area contributed by atoms with E-state index in [-0.39, 0.29) is 42.8 Å². The van der Waals surface area contributed by atoms with Crippen molar-refractivity contribution in [2.75, 3.05) is 6.61 Å². The van der Waals surface area contributed by atoms with Crippen molar-refractivity contribution in [3.63, 3.8) is 0 Å². The highest BCUT2D eigenvalue weighted by Gasteiger charge is 2.76. The number of carbonyl (C=O) groups is 4. The summed E-state index contributed by atoms with van der Waals surface area (Å²) in [4.78, 5) is 49.5. The Bertz CT molecular complexity index is 1050. The topological polar surface area (TPSA) is 107 Å². The van der Waals surface area contributed by atoms with Crippen molar-refractivity contribution < 1.29 is 33.8 Å². The van der Waals surface area contributed by atoms with Gasteiger partial charge in [-0.05, 0) is 49.7 Å². The molecule has 2 unspecified atom stereocenters. The normalized spacial score (nSPS) is 43.1. The first-order valence-corrected chi connectivity index (χ1v) is 13.4. The molecule has 7 nitrogen and oxygen atoms in total. The Morgan fingerprint density at radius 2 is 1.81 bits per heavy atom. The smallest absolute Gasteiger partial charge is 0.306 e. The number of ketones is 2. The Balaban J connectivity index is 1.80. The van der Waals surface area contributed by atoms with Crippen LogP contribution in [0.3, 0.4) is 0 Å². The second-order valence-corrected chi connectivity index (χ2v) is 12.0. The van der Waals surface area contributed by atoms with Crippen molar-refractivity contribution in [2.24, 2.45) is 28.6 Å². The molecule has 8 heteroatoms. The second-order valence-electron chi connectivity index (χ2n) is 11.4. The number of Topliss-reactive ketones (excluding diaryl/α,β-unsaturated/α-hetero) is 1. The lowest BCUT2D eigenvalue weighted by molar-refractivity contribution is -0.203. The quantitative estimate of drug-likeness (QED) is 0.415. The van der Waals surface area contributed by atoms with Gasteiger partial charge in [0.25, 0.3) is 0 Å². The van der Waals surface area contributed by atoms with E-state index in [2.05, 4.69) is 0 Å². The van der Waals surface area contributed by atoms with Gasteiger partial charge in [-0.25, -0.2) is 0 Å². The van der Waals surface area contributed by atoms with Gasteiger partial charge < -0.3 is 14.6 Å². The zero-order valence-corrected chi connectivity index (χ0v) is 22.5. The van der Waals surface area contributed by atoms with E-state index in [1.807, 2.05) is 26.8 Å². The molecule has 0 radical (unpaired) electrons. The van der Waals surface area contributed by atoms with Crippen LogP contribution in [-0.2, 0) is 28.7 Å². The number of carbonyl (C=O) groups excluding carboxylic acids is 4. The van der Waals surface area contributed by atoms with Crippen molar-refractivity contribution in [3.05, 3.63) is 23.8 Å². The predicted octanol–water partition coefficient (Wildman–Crippen LogP) is 4.09. The highest BCUT2D eigenvalue weighted by atomic mass is 35.5. The molecule has 0 saturated heterocycles. The van der Waals surface area contributed by atoms with Crippen LogP contribution in [0.25, 0.3) is 0 Å². The molecule has 0 aliphatic heterocycles. The first kappa shape index (κ1) is 27.1. The molecular weight excluding hydrogens is 484 g/mol. The summed E-state index contributed by atoms with van der Waals surface area (Å²) in [6, 6.07) is 0. The lowest BCUT2D eigenvalue weighted by atomic mass is 9.45. The summed E-state index contributed by atoms with van der Waals surface area (Å²) in [7, 11) is 0. The zero-order chi connectivity index (χ0) is 26.7. The molecule has 36 heavy (non-hydrogen) atoms. The Labute approximate surface area is 217 Å². The number of halogens is 1. The molecule has 3 saturated carbocycles. The van der Waals surface area contributed by atoms with Gasteiger partial charge in [-0.1, -0.05) is 46.3 Å². The average molecular weight is 521 g/mol. The van der Waals surface area contributed by atoms with Gasteiger partial charge >= 0.3 is 11.9 Å². The number of rotatable bonds is 6. The van der Waals surface area contributed by atoms with Crippen LogP contribution in [0.1, 0.15) is 73.1 Å². The Hall–Kier alpha value is -1.99. The minimum absolute atomic E-state index is 0.0801. The number of aliphatic hydroxyl groups is 1. The van der Waals surface area contributed by atoms with E-state index in [0.29, 0.717) is 19.3 Å². The molecule has 4 aliphatic carbocycles. The monoisotopic (exact) mass is 520 g/mol. The SMILES string of the molecule is CCC(=O)OCC(=O)[C@@]1(OC(=O)CC)[C@@H](C)C[C@H]2[C@@H]3CCC4=CC(=O)C=CC4(C)[C@@]3(Cl)[C@@H](O)CC21C. The van der Waals surface area contributed by atoms with Crippen LogP contribution in [0.4, 0.5) is 0 Å². The van der Waals surface area contributed by atoms with E-state index in [0.717, 1.165) is 5.57 Å². The summed E-state index contributed by atoms with van der Waals surface area (Å²) in [5.74, 6) is -2.24. The molecule has 0 bridgehead atoms. The van der Waals surface area contributed by atoms with Crippen molar-refractivity contribution in [1.29, 1.82) is 0 Å². The number of alkyl halides is 1. The van der Waals surface area contributed by atoms with E-state index in [1.165, 1.54) is 6.08 Å². The van der Waals surface area contributed by atoms with Crippen molar-refractivity contribution in [2.45, 2.75) is 89.7 Å². The molecular formula is C28H37ClO7. The summed E-state index contributed by atoms with van der Waals surface area (Å²) < 4.78 is 11.3. The van der Waals surface area contributed by atoms with Gasteiger partial charge in [0.2, 0.25) is 5.78 Å². The van der Waals surface area contributed by atoms with Gasteiger partial charge in [0.05, 0.1) is 11.0 Å². The summed E-state index contributed by atoms with van der Waals surface area (Å²) >= 11 is 7.48. The molecule has 198 valence electrons. The molecule has 1 N–H and O–H groups in total. The van der Waals surface area contributed by atoms with Crippen molar-refractivity contribution in [3.8, 4) is 0 Å². The van der Waals surface area contributed by atoms with E-state index in [1.54, 1.807) is 19.9 Å². The number of hydrogen-bond acceptors (Lipinski definition) is 7. The highest BCUT2D eigenvalue weighted by molar-refractivity contribution is 6.26. The van der Waals surface area contributed by atoms with Crippen LogP contribution in [0.5, 0.6) is 0 Å². The summed E-state index contributed by atoms with van der Waals surface area (Å²) in [6.07, 6.45) is 6.18. The Kier molecular flexibility index (Phi) is 6.83. The maximum absolute atomic E-state index is 13.9. The largest absolute Gasteiger partial charge is 0.457 e. The van der Waals surface area contributed by atoms with E-state index in [4.69, 9.17) is 21.1 Å². The summed E-state index contributed by atoms with van der Waals surface area (Å²) in [5, 5.41) is 11.8. The molecule has 4 rings (SSSR count). The number of ether oxygens (including phenoxy) is 2. The number of allylic oxidation sites excluding steroid dienone is 4. The predicted molar refractivity (Wildman–Crippen MR) is 133 cm³/mol. The second kappa shape index (κ2) is 9.09. The van der Waals surface area contributed by atoms with Crippen LogP contribution in [0.2, 0.25) is 0 Å². The average Bonchev–Trinajstić information content (AvgIpc) is 3.05. The molecule has 4 aliphatic rings. The third-order valence-electron chi connectivity index (χ3n) is 9.81. The fourth-order valence-corrected chi connectivity index (χ4v) is 8.53. The number of aliphatic hydroxyl groups excluding tert-OH is 1. The van der Waals surface area contributed by atoms with Crippen LogP contribution in [-0.4, -0.2) is 51.8 Å². The van der Waals surface area contributed by atoms with Crippen LogP contribution < -0.4 is 0 Å². The minimum Gasteiger partial charge on any atom is -0.457 e. The van der Waals surface area contributed by atoms with Gasteiger partial charge in [0.1, 0.15) is 0 Å².